The first-order valence-electron chi connectivity index (χ1n) is 3.64. The molecule has 2 nitrogen and oxygen atoms in total. The Balaban J connectivity index is 3.42. The lowest BCUT2D eigenvalue weighted by Crippen LogP contribution is -2.31. The largest absolute Gasteiger partial charge is 0.355 e. The van der Waals surface area contributed by atoms with Crippen molar-refractivity contribution in [1.29, 1.82) is 0 Å². The molecule has 0 aliphatic carbocycles. The third kappa shape index (κ3) is 3.88. The van der Waals surface area contributed by atoms with Crippen molar-refractivity contribution in [2.24, 2.45) is 0 Å². The van der Waals surface area contributed by atoms with E-state index in [9.17, 15) is 4.79 Å². The standard InChI is InChI=1S/C7H14BrNO/c1-3-5-9-7(10)6(8)4-2/h6H,3-5H2,1-2H3,(H,9,10)/t6-/m1/s1. The maximum absolute atomic E-state index is 11.0. The zero-order chi connectivity index (χ0) is 7.98. The summed E-state index contributed by atoms with van der Waals surface area (Å²) in [5, 5.41) is 2.80. The molecule has 10 heavy (non-hydrogen) atoms. The van der Waals surface area contributed by atoms with Crippen LogP contribution in [0.4, 0.5) is 0 Å². The molecule has 0 spiro atoms. The molecule has 1 amide bonds. The molecule has 0 saturated carbocycles. The molecule has 0 aliphatic rings. The van der Waals surface area contributed by atoms with Crippen LogP contribution in [0.25, 0.3) is 0 Å². The van der Waals surface area contributed by atoms with Crippen molar-refractivity contribution >= 4 is 21.8 Å². The number of rotatable bonds is 4. The van der Waals surface area contributed by atoms with Gasteiger partial charge in [0.05, 0.1) is 4.83 Å². The van der Waals surface area contributed by atoms with Crippen molar-refractivity contribution in [2.75, 3.05) is 6.54 Å². The predicted octanol–water partition coefficient (Wildman–Crippen LogP) is 1.69. The van der Waals surface area contributed by atoms with Crippen molar-refractivity contribution < 1.29 is 4.79 Å². The van der Waals surface area contributed by atoms with Gasteiger partial charge in [-0.2, -0.15) is 0 Å². The van der Waals surface area contributed by atoms with Crippen LogP contribution in [0.15, 0.2) is 0 Å². The van der Waals surface area contributed by atoms with Crippen LogP contribution in [-0.2, 0) is 4.79 Å². The third-order valence-electron chi connectivity index (χ3n) is 1.19. The molecule has 0 aromatic rings. The molecule has 3 heteroatoms. The summed E-state index contributed by atoms with van der Waals surface area (Å²) in [6, 6.07) is 0. The molecular weight excluding hydrogens is 194 g/mol. The van der Waals surface area contributed by atoms with Gasteiger partial charge < -0.3 is 5.32 Å². The van der Waals surface area contributed by atoms with Crippen LogP contribution in [0.2, 0.25) is 0 Å². The van der Waals surface area contributed by atoms with E-state index in [1.54, 1.807) is 0 Å². The van der Waals surface area contributed by atoms with E-state index < -0.39 is 0 Å². The maximum atomic E-state index is 11.0. The van der Waals surface area contributed by atoms with Crippen molar-refractivity contribution in [3.63, 3.8) is 0 Å². The second kappa shape index (κ2) is 5.71. The zero-order valence-electron chi connectivity index (χ0n) is 6.48. The summed E-state index contributed by atoms with van der Waals surface area (Å²) in [4.78, 5) is 11.0. The van der Waals surface area contributed by atoms with E-state index in [1.165, 1.54) is 0 Å². The van der Waals surface area contributed by atoms with Gasteiger partial charge in [0.15, 0.2) is 0 Å². The van der Waals surface area contributed by atoms with Gasteiger partial charge in [0, 0.05) is 6.54 Å². The molecule has 0 unspecified atom stereocenters. The summed E-state index contributed by atoms with van der Waals surface area (Å²) in [5.74, 6) is 0.101. The number of carbonyl (C=O) groups excluding carboxylic acids is 1. The Bertz CT molecular complexity index is 106. The maximum Gasteiger partial charge on any atom is 0.233 e. The SMILES string of the molecule is CCCNC(=O)[C@H](Br)CC. The van der Waals surface area contributed by atoms with E-state index in [0.717, 1.165) is 19.4 Å². The molecule has 1 N–H and O–H groups in total. The van der Waals surface area contributed by atoms with Crippen molar-refractivity contribution in [3.8, 4) is 0 Å². The highest BCUT2D eigenvalue weighted by molar-refractivity contribution is 9.10. The van der Waals surface area contributed by atoms with Crippen LogP contribution in [0.5, 0.6) is 0 Å². The minimum atomic E-state index is -0.0148. The van der Waals surface area contributed by atoms with Gasteiger partial charge in [-0.25, -0.2) is 0 Å². The van der Waals surface area contributed by atoms with Gasteiger partial charge in [-0.1, -0.05) is 29.8 Å². The topological polar surface area (TPSA) is 29.1 Å². The Morgan fingerprint density at radius 1 is 1.60 bits per heavy atom. The minimum Gasteiger partial charge on any atom is -0.355 e. The fraction of sp³-hybridized carbons (Fsp3) is 0.857. The van der Waals surface area contributed by atoms with Crippen molar-refractivity contribution in [1.82, 2.24) is 5.32 Å². The monoisotopic (exact) mass is 207 g/mol. The zero-order valence-corrected chi connectivity index (χ0v) is 8.07. The van der Waals surface area contributed by atoms with Crippen LogP contribution >= 0.6 is 15.9 Å². The molecule has 0 bridgehead atoms. The molecule has 0 aliphatic heterocycles. The van der Waals surface area contributed by atoms with E-state index >= 15 is 0 Å². The van der Waals surface area contributed by atoms with Gasteiger partial charge in [-0.15, -0.1) is 0 Å². The quantitative estimate of drug-likeness (QED) is 0.699. The highest BCUT2D eigenvalue weighted by atomic mass is 79.9. The molecule has 0 fully saturated rings. The van der Waals surface area contributed by atoms with Crippen LogP contribution in [0.1, 0.15) is 26.7 Å². The summed E-state index contributed by atoms with van der Waals surface area (Å²) in [5.41, 5.74) is 0. The molecule has 0 saturated heterocycles. The second-order valence-electron chi connectivity index (χ2n) is 2.17. The van der Waals surface area contributed by atoms with E-state index in [4.69, 9.17) is 0 Å². The van der Waals surface area contributed by atoms with Gasteiger partial charge in [0.25, 0.3) is 0 Å². The molecule has 0 aromatic carbocycles. The number of hydrogen-bond acceptors (Lipinski definition) is 1. The first-order chi connectivity index (χ1) is 4.72. The lowest BCUT2D eigenvalue weighted by atomic mass is 10.3. The number of alkyl halides is 1. The number of amides is 1. The van der Waals surface area contributed by atoms with Crippen molar-refractivity contribution in [2.45, 2.75) is 31.5 Å². The molecule has 0 heterocycles. The van der Waals surface area contributed by atoms with Crippen LogP contribution in [0, 0.1) is 0 Å². The van der Waals surface area contributed by atoms with Crippen LogP contribution in [-0.4, -0.2) is 17.3 Å². The van der Waals surface area contributed by atoms with E-state index in [0.29, 0.717) is 0 Å². The van der Waals surface area contributed by atoms with Gasteiger partial charge in [-0.3, -0.25) is 4.79 Å². The smallest absolute Gasteiger partial charge is 0.233 e. The van der Waals surface area contributed by atoms with Crippen molar-refractivity contribution in [3.05, 3.63) is 0 Å². The van der Waals surface area contributed by atoms with Crippen LogP contribution < -0.4 is 5.32 Å². The summed E-state index contributed by atoms with van der Waals surface area (Å²) >= 11 is 3.26. The minimum absolute atomic E-state index is 0.0148. The second-order valence-corrected chi connectivity index (χ2v) is 3.27. The molecule has 60 valence electrons. The highest BCUT2D eigenvalue weighted by Crippen LogP contribution is 2.03. The van der Waals surface area contributed by atoms with Gasteiger partial charge in [0.1, 0.15) is 0 Å². The average Bonchev–Trinajstić information content (AvgIpc) is 1.98. The molecule has 1 atom stereocenters. The molecule has 0 radical (unpaired) electrons. The van der Waals surface area contributed by atoms with E-state index in [-0.39, 0.29) is 10.7 Å². The molecule has 0 aromatic heterocycles. The number of halogens is 1. The normalized spacial score (nSPS) is 12.7. The Labute approximate surface area is 70.5 Å². The fourth-order valence-electron chi connectivity index (χ4n) is 0.544. The Hall–Kier alpha value is -0.0500. The Morgan fingerprint density at radius 2 is 2.20 bits per heavy atom. The average molecular weight is 208 g/mol. The first-order valence-corrected chi connectivity index (χ1v) is 4.55. The third-order valence-corrected chi connectivity index (χ3v) is 2.26. The molecular formula is C7H14BrNO. The van der Waals surface area contributed by atoms with Crippen LogP contribution in [0.3, 0.4) is 0 Å². The highest BCUT2D eigenvalue weighted by Gasteiger charge is 2.09. The van der Waals surface area contributed by atoms with Gasteiger partial charge in [0.2, 0.25) is 5.91 Å². The summed E-state index contributed by atoms with van der Waals surface area (Å²) in [7, 11) is 0. The number of hydrogen-bond donors (Lipinski definition) is 1. The van der Waals surface area contributed by atoms with E-state index in [1.807, 2.05) is 13.8 Å². The van der Waals surface area contributed by atoms with Gasteiger partial charge >= 0.3 is 0 Å². The Kier molecular flexibility index (Phi) is 5.69. The Morgan fingerprint density at radius 3 is 2.60 bits per heavy atom. The lowest BCUT2D eigenvalue weighted by Gasteiger charge is -2.06. The summed E-state index contributed by atoms with van der Waals surface area (Å²) in [6.45, 7) is 4.79. The summed E-state index contributed by atoms with van der Waals surface area (Å²) < 4.78 is 0. The van der Waals surface area contributed by atoms with Gasteiger partial charge in [-0.05, 0) is 12.8 Å². The molecule has 0 rings (SSSR count). The lowest BCUT2D eigenvalue weighted by molar-refractivity contribution is -0.120. The first kappa shape index (κ1) is 9.95. The fourth-order valence-corrected chi connectivity index (χ4v) is 0.706. The number of carbonyl (C=O) groups is 1. The predicted molar refractivity (Wildman–Crippen MR) is 46.3 cm³/mol. The number of nitrogens with one attached hydrogen (secondary N) is 1. The van der Waals surface area contributed by atoms with E-state index in [2.05, 4.69) is 21.2 Å². The summed E-state index contributed by atoms with van der Waals surface area (Å²) in [6.07, 6.45) is 1.84.